The summed E-state index contributed by atoms with van der Waals surface area (Å²) in [5.41, 5.74) is 5.15. The Morgan fingerprint density at radius 2 is 1.60 bits per heavy atom. The van der Waals surface area contributed by atoms with Crippen LogP contribution in [0.1, 0.15) is 12.8 Å². The second kappa shape index (κ2) is 2.78. The highest BCUT2D eigenvalue weighted by atomic mass is 19.2. The quantitative estimate of drug-likeness (QED) is 0.554. The van der Waals surface area contributed by atoms with Crippen molar-refractivity contribution in [2.24, 2.45) is 5.73 Å². The maximum Gasteiger partial charge on any atom is 0.164 e. The van der Waals surface area contributed by atoms with E-state index in [-0.39, 0.29) is 12.8 Å². The van der Waals surface area contributed by atoms with Crippen LogP contribution in [0.15, 0.2) is 0 Å². The number of hydrogen-bond acceptors (Lipinski definition) is 1. The summed E-state index contributed by atoms with van der Waals surface area (Å²) in [6.07, 6.45) is -5.20. The smallest absolute Gasteiger partial charge is 0.164 e. The molecule has 0 amide bonds. The molecule has 0 aromatic heterocycles. The zero-order chi connectivity index (χ0) is 7.72. The van der Waals surface area contributed by atoms with Gasteiger partial charge in [0.15, 0.2) is 6.17 Å². The highest BCUT2D eigenvalue weighted by molar-refractivity contribution is 4.90. The van der Waals surface area contributed by atoms with Crippen LogP contribution in [0.5, 0.6) is 0 Å². The lowest BCUT2D eigenvalue weighted by Gasteiger charge is -2.28. The summed E-state index contributed by atoms with van der Waals surface area (Å²) in [5, 5.41) is 0. The van der Waals surface area contributed by atoms with Crippen molar-refractivity contribution in [3.8, 4) is 0 Å². The Labute approximate surface area is 57.4 Å². The molecule has 60 valence electrons. The Bertz CT molecular complexity index is 106. The SMILES string of the molecule is N[C@H]1CC[C@@H](F)[C@@H](F)[C@H]1F. The van der Waals surface area contributed by atoms with Crippen molar-refractivity contribution in [1.82, 2.24) is 0 Å². The van der Waals surface area contributed by atoms with Crippen molar-refractivity contribution < 1.29 is 13.2 Å². The standard InChI is InChI=1S/C6H10F3N/c7-3-1-2-4(10)6(9)5(3)8/h3-6H,1-2,10H2/t3-,4+,5-,6+/m1/s1. The largest absolute Gasteiger partial charge is 0.325 e. The summed E-state index contributed by atoms with van der Waals surface area (Å²) in [7, 11) is 0. The molecule has 1 aliphatic rings. The molecule has 0 spiro atoms. The molecule has 4 heteroatoms. The van der Waals surface area contributed by atoms with Gasteiger partial charge in [0, 0.05) is 6.04 Å². The van der Waals surface area contributed by atoms with E-state index in [1.165, 1.54) is 0 Å². The molecule has 4 atom stereocenters. The summed E-state index contributed by atoms with van der Waals surface area (Å²) in [4.78, 5) is 0. The van der Waals surface area contributed by atoms with E-state index >= 15 is 0 Å². The van der Waals surface area contributed by atoms with Crippen molar-refractivity contribution >= 4 is 0 Å². The van der Waals surface area contributed by atoms with Crippen LogP contribution in [-0.4, -0.2) is 24.6 Å². The Kier molecular flexibility index (Phi) is 2.18. The zero-order valence-corrected chi connectivity index (χ0v) is 5.43. The number of alkyl halides is 3. The average molecular weight is 153 g/mol. The molecule has 0 radical (unpaired) electrons. The molecule has 0 bridgehead atoms. The van der Waals surface area contributed by atoms with Crippen LogP contribution >= 0.6 is 0 Å². The van der Waals surface area contributed by atoms with Gasteiger partial charge in [0.1, 0.15) is 12.3 Å². The third-order valence-corrected chi connectivity index (χ3v) is 1.83. The van der Waals surface area contributed by atoms with E-state index in [2.05, 4.69) is 0 Å². The first-order valence-corrected chi connectivity index (χ1v) is 3.30. The van der Waals surface area contributed by atoms with Crippen LogP contribution in [0.4, 0.5) is 13.2 Å². The Hall–Kier alpha value is -0.250. The van der Waals surface area contributed by atoms with Crippen LogP contribution in [0.2, 0.25) is 0 Å². The lowest BCUT2D eigenvalue weighted by Crippen LogP contribution is -2.46. The molecule has 1 saturated carbocycles. The molecule has 1 aliphatic carbocycles. The lowest BCUT2D eigenvalue weighted by molar-refractivity contribution is 0.0309. The molecular weight excluding hydrogens is 143 g/mol. The van der Waals surface area contributed by atoms with Crippen LogP contribution in [0.3, 0.4) is 0 Å². The molecule has 2 N–H and O–H groups in total. The van der Waals surface area contributed by atoms with E-state index in [1.54, 1.807) is 0 Å². The van der Waals surface area contributed by atoms with Gasteiger partial charge in [0.05, 0.1) is 0 Å². The van der Waals surface area contributed by atoms with Crippen molar-refractivity contribution in [3.05, 3.63) is 0 Å². The molecule has 1 rings (SSSR count). The summed E-state index contributed by atoms with van der Waals surface area (Å²) in [6, 6.07) is -0.818. The molecule has 0 aliphatic heterocycles. The predicted molar refractivity (Wildman–Crippen MR) is 31.9 cm³/mol. The highest BCUT2D eigenvalue weighted by Gasteiger charge is 2.38. The topological polar surface area (TPSA) is 26.0 Å². The Morgan fingerprint density at radius 3 is 2.10 bits per heavy atom. The minimum atomic E-state index is -2.01. The van der Waals surface area contributed by atoms with Gasteiger partial charge in [0.25, 0.3) is 0 Å². The Morgan fingerprint density at radius 1 is 1.00 bits per heavy atom. The van der Waals surface area contributed by atoms with Gasteiger partial charge < -0.3 is 5.73 Å². The molecule has 1 nitrogen and oxygen atoms in total. The third-order valence-electron chi connectivity index (χ3n) is 1.83. The molecule has 0 aromatic carbocycles. The van der Waals surface area contributed by atoms with Crippen LogP contribution in [-0.2, 0) is 0 Å². The van der Waals surface area contributed by atoms with Gasteiger partial charge in [-0.1, -0.05) is 0 Å². The third kappa shape index (κ3) is 1.26. The molecule has 1 fully saturated rings. The first-order chi connectivity index (χ1) is 4.63. The van der Waals surface area contributed by atoms with Gasteiger partial charge in [0.2, 0.25) is 0 Å². The minimum Gasteiger partial charge on any atom is -0.325 e. The van der Waals surface area contributed by atoms with Crippen LogP contribution < -0.4 is 5.73 Å². The van der Waals surface area contributed by atoms with Gasteiger partial charge in [-0.05, 0) is 12.8 Å². The second-order valence-corrected chi connectivity index (χ2v) is 2.65. The normalized spacial score (nSPS) is 49.2. The second-order valence-electron chi connectivity index (χ2n) is 2.65. The molecule has 0 heterocycles. The van der Waals surface area contributed by atoms with Crippen LogP contribution in [0, 0.1) is 0 Å². The fraction of sp³-hybridized carbons (Fsp3) is 1.00. The number of hydrogen-bond donors (Lipinski definition) is 1. The van der Waals surface area contributed by atoms with Crippen molar-refractivity contribution in [1.29, 1.82) is 0 Å². The fourth-order valence-corrected chi connectivity index (χ4v) is 1.11. The van der Waals surface area contributed by atoms with E-state index in [1.807, 2.05) is 0 Å². The van der Waals surface area contributed by atoms with E-state index in [0.717, 1.165) is 0 Å². The van der Waals surface area contributed by atoms with Gasteiger partial charge in [-0.25, -0.2) is 13.2 Å². The zero-order valence-electron chi connectivity index (χ0n) is 5.43. The number of rotatable bonds is 0. The van der Waals surface area contributed by atoms with Crippen molar-refractivity contribution in [2.75, 3.05) is 0 Å². The van der Waals surface area contributed by atoms with E-state index in [4.69, 9.17) is 5.73 Å². The minimum absolute atomic E-state index is 0.0444. The van der Waals surface area contributed by atoms with Gasteiger partial charge in [-0.3, -0.25) is 0 Å². The molecule has 10 heavy (non-hydrogen) atoms. The lowest BCUT2D eigenvalue weighted by atomic mass is 9.91. The number of nitrogens with two attached hydrogens (primary N) is 1. The van der Waals surface area contributed by atoms with E-state index < -0.39 is 24.6 Å². The summed E-state index contributed by atoms with van der Waals surface area (Å²) in [6.45, 7) is 0. The van der Waals surface area contributed by atoms with Crippen LogP contribution in [0.25, 0.3) is 0 Å². The maximum absolute atomic E-state index is 12.5. The van der Waals surface area contributed by atoms with Crippen molar-refractivity contribution in [3.63, 3.8) is 0 Å². The van der Waals surface area contributed by atoms with Gasteiger partial charge >= 0.3 is 0 Å². The highest BCUT2D eigenvalue weighted by Crippen LogP contribution is 2.25. The first-order valence-electron chi connectivity index (χ1n) is 3.30. The fourth-order valence-electron chi connectivity index (χ4n) is 1.11. The summed E-state index contributed by atoms with van der Waals surface area (Å²) >= 11 is 0. The molecular formula is C6H10F3N. The van der Waals surface area contributed by atoms with E-state index in [0.29, 0.717) is 0 Å². The number of halogens is 3. The van der Waals surface area contributed by atoms with Crippen molar-refractivity contribution in [2.45, 2.75) is 37.4 Å². The maximum atomic E-state index is 12.5. The Balaban J connectivity index is 2.52. The van der Waals surface area contributed by atoms with Gasteiger partial charge in [-0.15, -0.1) is 0 Å². The average Bonchev–Trinajstić information content (AvgIpc) is 1.93. The van der Waals surface area contributed by atoms with E-state index in [9.17, 15) is 13.2 Å². The monoisotopic (exact) mass is 153 g/mol. The van der Waals surface area contributed by atoms with Gasteiger partial charge in [-0.2, -0.15) is 0 Å². The molecule has 0 unspecified atom stereocenters. The first kappa shape index (κ1) is 7.85. The summed E-state index contributed by atoms with van der Waals surface area (Å²) < 4.78 is 37.2. The predicted octanol–water partition coefficient (Wildman–Crippen LogP) is 1.12. The molecule has 0 saturated heterocycles. The molecule has 0 aromatic rings. The summed E-state index contributed by atoms with van der Waals surface area (Å²) in [5.74, 6) is 0.